The van der Waals surface area contributed by atoms with Gasteiger partial charge in [0.05, 0.1) is 0 Å². The van der Waals surface area contributed by atoms with Gasteiger partial charge in [-0.2, -0.15) is 0 Å². The summed E-state index contributed by atoms with van der Waals surface area (Å²) >= 11 is 4.93. The van der Waals surface area contributed by atoms with Crippen molar-refractivity contribution < 1.29 is 4.74 Å². The maximum atomic E-state index is 5.68. The zero-order valence-electron chi connectivity index (χ0n) is 10.1. The van der Waals surface area contributed by atoms with Gasteiger partial charge in [0.1, 0.15) is 17.3 Å². The fraction of sp³-hybridized carbons (Fsp3) is 0.143. The van der Waals surface area contributed by atoms with Gasteiger partial charge < -0.3 is 10.5 Å². The third-order valence-electron chi connectivity index (χ3n) is 2.46. The highest BCUT2D eigenvalue weighted by atomic mass is 32.1. The van der Waals surface area contributed by atoms with E-state index in [4.69, 9.17) is 22.7 Å². The summed E-state index contributed by atoms with van der Waals surface area (Å²) in [5.41, 5.74) is 8.54. The molecule has 0 saturated carbocycles. The molecule has 0 saturated heterocycles. The van der Waals surface area contributed by atoms with Gasteiger partial charge in [-0.15, -0.1) is 0 Å². The molecule has 1 aromatic heterocycles. The van der Waals surface area contributed by atoms with Gasteiger partial charge in [-0.1, -0.05) is 24.4 Å². The molecule has 0 aliphatic heterocycles. The lowest BCUT2D eigenvalue weighted by molar-refractivity contribution is 0.305. The first-order chi connectivity index (χ1) is 8.65. The molecule has 0 bridgehead atoms. The van der Waals surface area contributed by atoms with Crippen LogP contribution in [-0.2, 0) is 6.61 Å². The SMILES string of the molecule is Cc1cncc(COc2cccc(C(N)=S)c2)c1. The maximum absolute atomic E-state index is 5.68. The van der Waals surface area contributed by atoms with E-state index in [1.54, 1.807) is 6.20 Å². The van der Waals surface area contributed by atoms with Crippen LogP contribution in [0.3, 0.4) is 0 Å². The van der Waals surface area contributed by atoms with Gasteiger partial charge in [-0.05, 0) is 30.7 Å². The second-order valence-corrected chi connectivity index (χ2v) is 4.49. The van der Waals surface area contributed by atoms with Crippen molar-refractivity contribution in [3.05, 3.63) is 59.4 Å². The first-order valence-corrected chi connectivity index (χ1v) is 5.99. The van der Waals surface area contributed by atoms with Crippen molar-refractivity contribution in [1.29, 1.82) is 0 Å². The van der Waals surface area contributed by atoms with Crippen LogP contribution in [-0.4, -0.2) is 9.97 Å². The number of thiocarbonyl (C=S) groups is 1. The Morgan fingerprint density at radius 1 is 1.33 bits per heavy atom. The molecule has 0 spiro atoms. The van der Waals surface area contributed by atoms with Crippen LogP contribution in [0.5, 0.6) is 5.75 Å². The summed E-state index contributed by atoms with van der Waals surface area (Å²) in [6.07, 6.45) is 3.61. The van der Waals surface area contributed by atoms with Crippen LogP contribution in [0.4, 0.5) is 0 Å². The molecule has 0 radical (unpaired) electrons. The van der Waals surface area contributed by atoms with Crippen molar-refractivity contribution in [3.63, 3.8) is 0 Å². The van der Waals surface area contributed by atoms with E-state index in [9.17, 15) is 0 Å². The van der Waals surface area contributed by atoms with Crippen LogP contribution in [0.1, 0.15) is 16.7 Å². The summed E-state index contributed by atoms with van der Waals surface area (Å²) in [6, 6.07) is 9.50. The van der Waals surface area contributed by atoms with Crippen LogP contribution in [0.15, 0.2) is 42.7 Å². The first kappa shape index (κ1) is 12.5. The zero-order chi connectivity index (χ0) is 13.0. The molecule has 0 amide bonds. The quantitative estimate of drug-likeness (QED) is 0.856. The molecular formula is C14H14N2OS. The van der Waals surface area contributed by atoms with Gasteiger partial charge in [0.15, 0.2) is 0 Å². The van der Waals surface area contributed by atoms with E-state index in [1.807, 2.05) is 43.5 Å². The van der Waals surface area contributed by atoms with Crippen molar-refractivity contribution in [2.75, 3.05) is 0 Å². The number of nitrogens with two attached hydrogens (primary N) is 1. The van der Waals surface area contributed by atoms with E-state index in [0.29, 0.717) is 11.6 Å². The molecule has 2 rings (SSSR count). The topological polar surface area (TPSA) is 48.1 Å². The van der Waals surface area contributed by atoms with Gasteiger partial charge >= 0.3 is 0 Å². The van der Waals surface area contributed by atoms with Crippen molar-refractivity contribution in [3.8, 4) is 5.75 Å². The van der Waals surface area contributed by atoms with E-state index in [0.717, 1.165) is 22.4 Å². The molecule has 0 aliphatic carbocycles. The highest BCUT2D eigenvalue weighted by molar-refractivity contribution is 7.80. The Morgan fingerprint density at radius 3 is 2.89 bits per heavy atom. The molecule has 2 N–H and O–H groups in total. The minimum atomic E-state index is 0.373. The molecule has 1 aromatic carbocycles. The van der Waals surface area contributed by atoms with E-state index in [-0.39, 0.29) is 0 Å². The van der Waals surface area contributed by atoms with Crippen LogP contribution in [0, 0.1) is 6.92 Å². The first-order valence-electron chi connectivity index (χ1n) is 5.58. The number of hydrogen-bond donors (Lipinski definition) is 1. The van der Waals surface area contributed by atoms with E-state index in [1.165, 1.54) is 0 Å². The normalized spacial score (nSPS) is 10.1. The summed E-state index contributed by atoms with van der Waals surface area (Å²) < 4.78 is 5.68. The minimum absolute atomic E-state index is 0.373. The Hall–Kier alpha value is -1.94. The molecule has 18 heavy (non-hydrogen) atoms. The Labute approximate surface area is 112 Å². The molecule has 0 fully saturated rings. The number of rotatable bonds is 4. The molecule has 0 atom stereocenters. The smallest absolute Gasteiger partial charge is 0.120 e. The predicted molar refractivity (Wildman–Crippen MR) is 75.6 cm³/mol. The van der Waals surface area contributed by atoms with Crippen LogP contribution in [0.25, 0.3) is 0 Å². The number of hydrogen-bond acceptors (Lipinski definition) is 3. The number of aryl methyl sites for hydroxylation is 1. The molecule has 3 nitrogen and oxygen atoms in total. The average molecular weight is 258 g/mol. The monoisotopic (exact) mass is 258 g/mol. The Balaban J connectivity index is 2.06. The third kappa shape index (κ3) is 3.28. The second-order valence-electron chi connectivity index (χ2n) is 4.05. The third-order valence-corrected chi connectivity index (χ3v) is 2.69. The fourth-order valence-corrected chi connectivity index (χ4v) is 1.73. The van der Waals surface area contributed by atoms with Crippen LogP contribution < -0.4 is 10.5 Å². The summed E-state index contributed by atoms with van der Waals surface area (Å²) in [5.74, 6) is 0.752. The predicted octanol–water partition coefficient (Wildman–Crippen LogP) is 2.60. The lowest BCUT2D eigenvalue weighted by atomic mass is 10.2. The summed E-state index contributed by atoms with van der Waals surface area (Å²) in [4.78, 5) is 4.49. The highest BCUT2D eigenvalue weighted by Crippen LogP contribution is 2.15. The summed E-state index contributed by atoms with van der Waals surface area (Å²) in [5, 5.41) is 0. The number of benzene rings is 1. The number of pyridine rings is 1. The van der Waals surface area contributed by atoms with Crippen molar-refractivity contribution in [2.24, 2.45) is 5.73 Å². The standard InChI is InChI=1S/C14H14N2OS/c1-10-5-11(8-16-7-10)9-17-13-4-2-3-12(6-13)14(15)18/h2-8H,9H2,1H3,(H2,15,18). The molecule has 0 aliphatic rings. The van der Waals surface area contributed by atoms with Gasteiger partial charge in [-0.25, -0.2) is 0 Å². The van der Waals surface area contributed by atoms with E-state index in [2.05, 4.69) is 4.98 Å². The lowest BCUT2D eigenvalue weighted by Gasteiger charge is -2.07. The molecule has 2 aromatic rings. The summed E-state index contributed by atoms with van der Waals surface area (Å²) in [6.45, 7) is 2.49. The largest absolute Gasteiger partial charge is 0.489 e. The van der Waals surface area contributed by atoms with E-state index >= 15 is 0 Å². The molecule has 92 valence electrons. The van der Waals surface area contributed by atoms with Gasteiger partial charge in [-0.3, -0.25) is 4.98 Å². The van der Waals surface area contributed by atoms with Gasteiger partial charge in [0.25, 0.3) is 0 Å². The molecule has 4 heteroatoms. The Kier molecular flexibility index (Phi) is 3.89. The number of nitrogens with zero attached hydrogens (tertiary/aromatic N) is 1. The number of ether oxygens (including phenoxy) is 1. The van der Waals surface area contributed by atoms with Crippen LogP contribution >= 0.6 is 12.2 Å². The highest BCUT2D eigenvalue weighted by Gasteiger charge is 2.00. The maximum Gasteiger partial charge on any atom is 0.120 e. The van der Waals surface area contributed by atoms with Crippen LogP contribution in [0.2, 0.25) is 0 Å². The van der Waals surface area contributed by atoms with Gasteiger partial charge in [0, 0.05) is 23.5 Å². The fourth-order valence-electron chi connectivity index (χ4n) is 1.60. The second kappa shape index (κ2) is 5.60. The molecular weight excluding hydrogens is 244 g/mol. The molecule has 0 unspecified atom stereocenters. The summed E-state index contributed by atoms with van der Waals surface area (Å²) in [7, 11) is 0. The molecule has 1 heterocycles. The van der Waals surface area contributed by atoms with Crippen molar-refractivity contribution in [1.82, 2.24) is 4.98 Å². The minimum Gasteiger partial charge on any atom is -0.489 e. The van der Waals surface area contributed by atoms with E-state index < -0.39 is 0 Å². The van der Waals surface area contributed by atoms with Crippen molar-refractivity contribution in [2.45, 2.75) is 13.5 Å². The zero-order valence-corrected chi connectivity index (χ0v) is 10.9. The Bertz CT molecular complexity index is 569. The Morgan fingerprint density at radius 2 is 2.17 bits per heavy atom. The van der Waals surface area contributed by atoms with Crippen molar-refractivity contribution >= 4 is 17.2 Å². The average Bonchev–Trinajstić information content (AvgIpc) is 2.37. The lowest BCUT2D eigenvalue weighted by Crippen LogP contribution is -2.09. The van der Waals surface area contributed by atoms with Gasteiger partial charge in [0.2, 0.25) is 0 Å². The number of aromatic nitrogens is 1.